The van der Waals surface area contributed by atoms with Gasteiger partial charge >= 0.3 is 11.9 Å². The molecule has 4 aromatic rings. The lowest BCUT2D eigenvalue weighted by molar-refractivity contribution is -0.130. The Bertz CT molecular complexity index is 1780. The van der Waals surface area contributed by atoms with Crippen molar-refractivity contribution in [3.63, 3.8) is 0 Å². The molecule has 0 heterocycles. The molecule has 228 valence electrons. The van der Waals surface area contributed by atoms with Crippen molar-refractivity contribution in [1.82, 2.24) is 0 Å². The van der Waals surface area contributed by atoms with Crippen molar-refractivity contribution in [2.45, 2.75) is 49.9 Å². The second kappa shape index (κ2) is 13.8. The maximum Gasteiger partial charge on any atom is 0.338 e. The Hall–Kier alpha value is -4.23. The number of carbonyl (C=O) groups is 2. The van der Waals surface area contributed by atoms with Gasteiger partial charge in [0.05, 0.1) is 3.42 Å². The topological polar surface area (TPSA) is 52.6 Å². The highest BCUT2D eigenvalue weighted by atomic mass is 127. The van der Waals surface area contributed by atoms with Gasteiger partial charge in [0.2, 0.25) is 0 Å². The predicted molar refractivity (Wildman–Crippen MR) is 193 cm³/mol. The first-order valence-electron chi connectivity index (χ1n) is 15.1. The molecular weight excluding hydrogens is 671 g/mol. The SMILES string of the molecule is C=C(C)C(=O)Oc1ccc(CCC2=CC(C)(I)C=C(CCc3ccc(OC(=O)C(=C)C)c4ccccc34)C=C2)c2ccccc12. The molecule has 0 saturated carbocycles. The molecule has 45 heavy (non-hydrogen) atoms. The van der Waals surface area contributed by atoms with E-state index in [4.69, 9.17) is 9.47 Å². The molecule has 4 aromatic carbocycles. The minimum atomic E-state index is -0.416. The minimum absolute atomic E-state index is 0.128. The van der Waals surface area contributed by atoms with Crippen LogP contribution in [0.15, 0.2) is 133 Å². The number of aryl methyl sites for hydroxylation is 2. The van der Waals surface area contributed by atoms with Gasteiger partial charge in [-0.1, -0.05) is 132 Å². The first-order chi connectivity index (χ1) is 21.5. The van der Waals surface area contributed by atoms with Crippen molar-refractivity contribution in [3.05, 3.63) is 144 Å². The lowest BCUT2D eigenvalue weighted by atomic mass is 9.96. The van der Waals surface area contributed by atoms with E-state index in [1.54, 1.807) is 13.8 Å². The van der Waals surface area contributed by atoms with Gasteiger partial charge in [0.15, 0.2) is 0 Å². The molecule has 0 radical (unpaired) electrons. The van der Waals surface area contributed by atoms with E-state index in [1.165, 1.54) is 22.3 Å². The maximum atomic E-state index is 12.2. The number of halogens is 1. The summed E-state index contributed by atoms with van der Waals surface area (Å²) in [6, 6.07) is 24.0. The summed E-state index contributed by atoms with van der Waals surface area (Å²) >= 11 is 2.52. The zero-order chi connectivity index (χ0) is 32.1. The number of fused-ring (bicyclic) bond motifs is 2. The van der Waals surface area contributed by atoms with Gasteiger partial charge in [-0.05, 0) is 80.5 Å². The average Bonchev–Trinajstić information content (AvgIpc) is 3.16. The van der Waals surface area contributed by atoms with Crippen molar-refractivity contribution >= 4 is 56.1 Å². The molecule has 0 aromatic heterocycles. The molecule has 0 spiro atoms. The Morgan fingerprint density at radius 1 is 0.622 bits per heavy atom. The number of carbonyl (C=O) groups excluding carboxylic acids is 2. The van der Waals surface area contributed by atoms with Crippen LogP contribution in [0.3, 0.4) is 0 Å². The first kappa shape index (κ1) is 32.2. The van der Waals surface area contributed by atoms with Crippen LogP contribution in [0.5, 0.6) is 11.5 Å². The number of hydrogen-bond acceptors (Lipinski definition) is 4. The molecule has 0 fully saturated rings. The summed E-state index contributed by atoms with van der Waals surface area (Å²) in [5.41, 5.74) is 5.75. The van der Waals surface area contributed by atoms with Crippen LogP contribution in [-0.4, -0.2) is 15.4 Å². The molecule has 5 heteroatoms. The molecule has 5 rings (SSSR count). The van der Waals surface area contributed by atoms with Gasteiger partial charge in [-0.2, -0.15) is 0 Å². The number of allylic oxidation sites excluding steroid dienone is 6. The summed E-state index contributed by atoms with van der Waals surface area (Å²) < 4.78 is 11.1. The third-order valence-electron chi connectivity index (χ3n) is 7.86. The molecule has 0 atom stereocenters. The molecule has 4 nitrogen and oxygen atoms in total. The lowest BCUT2D eigenvalue weighted by Crippen LogP contribution is -2.09. The van der Waals surface area contributed by atoms with Gasteiger partial charge in [-0.15, -0.1) is 0 Å². The zero-order valence-electron chi connectivity index (χ0n) is 26.0. The van der Waals surface area contributed by atoms with E-state index >= 15 is 0 Å². The molecule has 0 saturated heterocycles. The summed E-state index contributed by atoms with van der Waals surface area (Å²) in [6.45, 7) is 12.9. The summed E-state index contributed by atoms with van der Waals surface area (Å²) in [7, 11) is 0. The normalized spacial score (nSPS) is 14.0. The summed E-state index contributed by atoms with van der Waals surface area (Å²) in [4.78, 5) is 24.4. The maximum absolute atomic E-state index is 12.2. The van der Waals surface area contributed by atoms with Crippen LogP contribution >= 0.6 is 22.6 Å². The smallest absolute Gasteiger partial charge is 0.338 e. The quantitative estimate of drug-likeness (QED) is 0.0541. The second-order valence-corrected chi connectivity index (χ2v) is 14.1. The number of ether oxygens (including phenoxy) is 2. The fraction of sp³-hybridized carbons (Fsp3) is 0.200. The van der Waals surface area contributed by atoms with Gasteiger partial charge in [0.1, 0.15) is 11.5 Å². The molecule has 0 bridgehead atoms. The second-order valence-electron chi connectivity index (χ2n) is 11.8. The molecule has 1 aliphatic carbocycles. The van der Waals surface area contributed by atoms with E-state index in [0.717, 1.165) is 47.2 Å². The van der Waals surface area contributed by atoms with Crippen LogP contribution in [0.2, 0.25) is 0 Å². The van der Waals surface area contributed by atoms with Gasteiger partial charge in [-0.3, -0.25) is 0 Å². The average molecular weight is 709 g/mol. The van der Waals surface area contributed by atoms with Gasteiger partial charge < -0.3 is 9.47 Å². The van der Waals surface area contributed by atoms with Gasteiger partial charge in [0, 0.05) is 21.9 Å². The highest BCUT2D eigenvalue weighted by Gasteiger charge is 2.19. The molecule has 0 aliphatic heterocycles. The van der Waals surface area contributed by atoms with Crippen molar-refractivity contribution in [2.24, 2.45) is 0 Å². The highest BCUT2D eigenvalue weighted by Crippen LogP contribution is 2.35. The largest absolute Gasteiger partial charge is 0.423 e. The Balaban J connectivity index is 1.30. The fourth-order valence-electron chi connectivity index (χ4n) is 5.60. The third kappa shape index (κ3) is 7.90. The van der Waals surface area contributed by atoms with E-state index < -0.39 is 11.9 Å². The number of benzene rings is 4. The standard InChI is InChI=1S/C40H37IO4/c1-26(2)38(42)44-36-22-20-30(32-10-6-8-12-34(32)36)18-16-28-14-15-29(25-40(5,41)24-28)17-19-31-21-23-37(45-39(43)27(3)4)35-13-9-7-11-33(31)35/h6-15,20-25H,1,3,16-19H2,2,4-5H3. The van der Waals surface area contributed by atoms with Crippen LogP contribution in [0.4, 0.5) is 0 Å². The Kier molecular flexibility index (Phi) is 9.88. The van der Waals surface area contributed by atoms with Gasteiger partial charge in [0.25, 0.3) is 0 Å². The van der Waals surface area contributed by atoms with Gasteiger partial charge in [-0.25, -0.2) is 9.59 Å². The van der Waals surface area contributed by atoms with Crippen molar-refractivity contribution in [2.75, 3.05) is 0 Å². The minimum Gasteiger partial charge on any atom is -0.423 e. The Morgan fingerprint density at radius 3 is 1.38 bits per heavy atom. The van der Waals surface area contributed by atoms with E-state index in [0.29, 0.717) is 22.6 Å². The fourth-order valence-corrected chi connectivity index (χ4v) is 6.40. The molecule has 0 N–H and O–H groups in total. The third-order valence-corrected chi connectivity index (χ3v) is 8.49. The number of esters is 2. The lowest BCUT2D eigenvalue weighted by Gasteiger charge is -2.16. The number of hydrogen-bond donors (Lipinski definition) is 0. The zero-order valence-corrected chi connectivity index (χ0v) is 28.1. The van der Waals surface area contributed by atoms with Crippen molar-refractivity contribution in [1.29, 1.82) is 0 Å². The van der Waals surface area contributed by atoms with Crippen LogP contribution in [-0.2, 0) is 22.4 Å². The first-order valence-corrected chi connectivity index (χ1v) is 16.2. The van der Waals surface area contributed by atoms with E-state index in [-0.39, 0.29) is 3.42 Å². The monoisotopic (exact) mass is 708 g/mol. The van der Waals surface area contributed by atoms with E-state index in [2.05, 4.69) is 91.2 Å². The van der Waals surface area contributed by atoms with Crippen molar-refractivity contribution < 1.29 is 19.1 Å². The molecule has 1 aliphatic rings. The Morgan fingerprint density at radius 2 is 1.00 bits per heavy atom. The number of alkyl halides is 1. The van der Waals surface area contributed by atoms with Crippen LogP contribution in [0, 0.1) is 0 Å². The van der Waals surface area contributed by atoms with Crippen LogP contribution < -0.4 is 9.47 Å². The van der Waals surface area contributed by atoms with Crippen LogP contribution in [0.25, 0.3) is 21.5 Å². The molecule has 0 amide bonds. The predicted octanol–water partition coefficient (Wildman–Crippen LogP) is 10.1. The Labute approximate surface area is 279 Å². The molecular formula is C40H37IO4. The summed E-state index contributed by atoms with van der Waals surface area (Å²) in [5.74, 6) is 0.279. The highest BCUT2D eigenvalue weighted by molar-refractivity contribution is 14.1. The number of rotatable bonds is 10. The van der Waals surface area contributed by atoms with E-state index in [9.17, 15) is 9.59 Å². The van der Waals surface area contributed by atoms with Crippen molar-refractivity contribution in [3.8, 4) is 11.5 Å². The van der Waals surface area contributed by atoms with E-state index in [1.807, 2.05) is 48.5 Å². The summed E-state index contributed by atoms with van der Waals surface area (Å²) in [6.07, 6.45) is 12.7. The molecule has 0 unspecified atom stereocenters. The van der Waals surface area contributed by atoms with Crippen LogP contribution in [0.1, 0.15) is 44.7 Å². The summed E-state index contributed by atoms with van der Waals surface area (Å²) in [5, 5.41) is 4.03.